The number of thioether (sulfide) groups is 1. The monoisotopic (exact) mass is 336 g/mol. The topological polar surface area (TPSA) is 38.0 Å². The Morgan fingerprint density at radius 3 is 2.82 bits per heavy atom. The van der Waals surface area contributed by atoms with E-state index in [0.29, 0.717) is 15.7 Å². The molecule has 0 aliphatic rings. The van der Waals surface area contributed by atoms with E-state index < -0.39 is 0 Å². The van der Waals surface area contributed by atoms with Gasteiger partial charge in [0.15, 0.2) is 5.82 Å². The molecular formula is C11H14BrFN2S2. The molecule has 0 amide bonds. The van der Waals surface area contributed by atoms with Gasteiger partial charge in [-0.15, -0.1) is 0 Å². The summed E-state index contributed by atoms with van der Waals surface area (Å²) in [6, 6.07) is 3.57. The lowest BCUT2D eigenvalue weighted by atomic mass is 10.2. The van der Waals surface area contributed by atoms with Gasteiger partial charge < -0.3 is 11.1 Å². The molecule has 0 spiro atoms. The van der Waals surface area contributed by atoms with Crippen molar-refractivity contribution >= 4 is 50.6 Å². The van der Waals surface area contributed by atoms with Crippen LogP contribution in [0.25, 0.3) is 0 Å². The second kappa shape index (κ2) is 6.56. The van der Waals surface area contributed by atoms with Gasteiger partial charge in [-0.25, -0.2) is 4.39 Å². The molecule has 1 atom stereocenters. The molecule has 0 bridgehead atoms. The Morgan fingerprint density at radius 1 is 1.65 bits per heavy atom. The molecule has 1 unspecified atom stereocenters. The summed E-state index contributed by atoms with van der Waals surface area (Å²) in [6.45, 7) is 2.01. The van der Waals surface area contributed by atoms with E-state index in [1.54, 1.807) is 23.9 Å². The average Bonchev–Trinajstić information content (AvgIpc) is 2.25. The summed E-state index contributed by atoms with van der Waals surface area (Å²) in [7, 11) is 0. The van der Waals surface area contributed by atoms with E-state index in [0.717, 1.165) is 5.75 Å². The van der Waals surface area contributed by atoms with Crippen molar-refractivity contribution in [2.45, 2.75) is 13.0 Å². The van der Waals surface area contributed by atoms with Crippen molar-refractivity contribution in [1.82, 2.24) is 0 Å². The van der Waals surface area contributed by atoms with Gasteiger partial charge in [-0.2, -0.15) is 11.8 Å². The fourth-order valence-electron chi connectivity index (χ4n) is 1.41. The number of rotatable bonds is 5. The summed E-state index contributed by atoms with van der Waals surface area (Å²) in [6.07, 6.45) is 2.01. The van der Waals surface area contributed by atoms with Gasteiger partial charge >= 0.3 is 0 Å². The first kappa shape index (κ1) is 14.7. The molecule has 0 heterocycles. The number of halogens is 2. The molecule has 0 saturated carbocycles. The van der Waals surface area contributed by atoms with Crippen LogP contribution in [0.3, 0.4) is 0 Å². The second-order valence-electron chi connectivity index (χ2n) is 3.65. The van der Waals surface area contributed by atoms with Crippen LogP contribution in [0.5, 0.6) is 0 Å². The first-order valence-corrected chi connectivity index (χ1v) is 7.60. The quantitative estimate of drug-likeness (QED) is 0.808. The van der Waals surface area contributed by atoms with Crippen molar-refractivity contribution in [3.05, 3.63) is 28.0 Å². The van der Waals surface area contributed by atoms with Crippen LogP contribution in [-0.4, -0.2) is 23.0 Å². The summed E-state index contributed by atoms with van der Waals surface area (Å²) in [5.41, 5.74) is 6.46. The van der Waals surface area contributed by atoms with Crippen LogP contribution in [0.15, 0.2) is 16.6 Å². The number of hydrogen-bond acceptors (Lipinski definition) is 3. The molecule has 94 valence electrons. The zero-order chi connectivity index (χ0) is 13.0. The van der Waals surface area contributed by atoms with Gasteiger partial charge in [0.1, 0.15) is 4.99 Å². The molecule has 6 heteroatoms. The molecule has 1 rings (SSSR count). The van der Waals surface area contributed by atoms with Crippen molar-refractivity contribution in [3.63, 3.8) is 0 Å². The van der Waals surface area contributed by atoms with Gasteiger partial charge in [0.25, 0.3) is 0 Å². The summed E-state index contributed by atoms with van der Waals surface area (Å²) in [5.74, 6) is 0.553. The number of anilines is 1. The number of nitrogens with two attached hydrogens (primary N) is 1. The molecule has 0 aliphatic carbocycles. The Hall–Kier alpha value is -0.330. The van der Waals surface area contributed by atoms with Crippen LogP contribution in [0.2, 0.25) is 0 Å². The highest BCUT2D eigenvalue weighted by Crippen LogP contribution is 2.27. The molecule has 0 aromatic heterocycles. The maximum Gasteiger partial charge on any atom is 0.161 e. The number of thiocarbonyl (C=S) groups is 1. The van der Waals surface area contributed by atoms with E-state index in [1.807, 2.05) is 13.2 Å². The third-order valence-corrected chi connectivity index (χ3v) is 3.99. The number of nitrogens with one attached hydrogen (secondary N) is 1. The molecule has 0 saturated heterocycles. The molecule has 0 aliphatic heterocycles. The van der Waals surface area contributed by atoms with E-state index in [1.165, 1.54) is 0 Å². The van der Waals surface area contributed by atoms with Crippen molar-refractivity contribution in [1.29, 1.82) is 0 Å². The lowest BCUT2D eigenvalue weighted by Gasteiger charge is -2.16. The third kappa shape index (κ3) is 3.82. The Balaban J connectivity index is 2.96. The molecule has 1 aromatic carbocycles. The van der Waals surface area contributed by atoms with Gasteiger partial charge in [0, 0.05) is 17.4 Å². The summed E-state index contributed by atoms with van der Waals surface area (Å²) < 4.78 is 14.3. The maximum atomic E-state index is 14.0. The van der Waals surface area contributed by atoms with Gasteiger partial charge in [-0.3, -0.25) is 0 Å². The SMILES string of the molecule is CSCC(C)Nc1ccc(C(N)=S)c(Br)c1F. The molecular weight excluding hydrogens is 323 g/mol. The summed E-state index contributed by atoms with van der Waals surface area (Å²) in [5, 5.41) is 3.11. The van der Waals surface area contributed by atoms with Crippen LogP contribution >= 0.6 is 39.9 Å². The van der Waals surface area contributed by atoms with Crippen molar-refractivity contribution in [2.75, 3.05) is 17.3 Å². The van der Waals surface area contributed by atoms with Gasteiger partial charge in [-0.1, -0.05) is 12.2 Å². The fourth-order valence-corrected chi connectivity index (χ4v) is 2.85. The Labute approximate surface area is 119 Å². The summed E-state index contributed by atoms with van der Waals surface area (Å²) in [4.78, 5) is 0.180. The first-order valence-electron chi connectivity index (χ1n) is 5.00. The largest absolute Gasteiger partial charge is 0.389 e. The van der Waals surface area contributed by atoms with Crippen LogP contribution in [0, 0.1) is 5.82 Å². The minimum Gasteiger partial charge on any atom is -0.389 e. The van der Waals surface area contributed by atoms with Crippen LogP contribution in [0.4, 0.5) is 10.1 Å². The van der Waals surface area contributed by atoms with Crippen molar-refractivity contribution in [3.8, 4) is 0 Å². The lowest BCUT2D eigenvalue weighted by molar-refractivity contribution is 0.621. The zero-order valence-corrected chi connectivity index (χ0v) is 12.8. The molecule has 0 fully saturated rings. The fraction of sp³-hybridized carbons (Fsp3) is 0.364. The van der Waals surface area contributed by atoms with Crippen molar-refractivity contribution < 1.29 is 4.39 Å². The minimum absolute atomic E-state index is 0.180. The van der Waals surface area contributed by atoms with E-state index in [9.17, 15) is 4.39 Å². The molecule has 0 radical (unpaired) electrons. The minimum atomic E-state index is -0.358. The first-order chi connectivity index (χ1) is 7.97. The third-order valence-electron chi connectivity index (χ3n) is 2.17. The number of benzene rings is 1. The number of hydrogen-bond donors (Lipinski definition) is 2. The summed E-state index contributed by atoms with van der Waals surface area (Å²) >= 11 is 9.72. The smallest absolute Gasteiger partial charge is 0.161 e. The van der Waals surface area contributed by atoms with E-state index in [-0.39, 0.29) is 16.8 Å². The van der Waals surface area contributed by atoms with Crippen LogP contribution in [-0.2, 0) is 0 Å². The Bertz CT molecular complexity index is 426. The average molecular weight is 337 g/mol. The second-order valence-corrected chi connectivity index (χ2v) is 5.80. The molecule has 17 heavy (non-hydrogen) atoms. The molecule has 1 aromatic rings. The van der Waals surface area contributed by atoms with E-state index in [2.05, 4.69) is 21.2 Å². The van der Waals surface area contributed by atoms with Gasteiger partial charge in [0.2, 0.25) is 0 Å². The standard InChI is InChI=1S/C11H14BrFN2S2/c1-6(5-17-2)15-8-4-3-7(11(14)16)9(12)10(8)13/h3-4,6,15H,5H2,1-2H3,(H2,14,16). The van der Waals surface area contributed by atoms with Crippen LogP contribution < -0.4 is 11.1 Å². The van der Waals surface area contributed by atoms with E-state index >= 15 is 0 Å². The van der Waals surface area contributed by atoms with Gasteiger partial charge in [0.05, 0.1) is 10.2 Å². The lowest BCUT2D eigenvalue weighted by Crippen LogP contribution is -2.19. The zero-order valence-electron chi connectivity index (χ0n) is 9.59. The Morgan fingerprint density at radius 2 is 2.29 bits per heavy atom. The normalized spacial score (nSPS) is 12.2. The Kier molecular flexibility index (Phi) is 5.69. The molecule has 3 N–H and O–H groups in total. The maximum absolute atomic E-state index is 14.0. The predicted octanol–water partition coefficient (Wildman–Crippen LogP) is 3.39. The van der Waals surface area contributed by atoms with E-state index in [4.69, 9.17) is 18.0 Å². The van der Waals surface area contributed by atoms with Gasteiger partial charge in [-0.05, 0) is 41.2 Å². The highest BCUT2D eigenvalue weighted by Gasteiger charge is 2.14. The van der Waals surface area contributed by atoms with Crippen molar-refractivity contribution in [2.24, 2.45) is 5.73 Å². The highest BCUT2D eigenvalue weighted by atomic mass is 79.9. The molecule has 2 nitrogen and oxygen atoms in total. The highest BCUT2D eigenvalue weighted by molar-refractivity contribution is 9.10. The predicted molar refractivity (Wildman–Crippen MR) is 81.5 cm³/mol. The van der Waals surface area contributed by atoms with Crippen LogP contribution in [0.1, 0.15) is 12.5 Å².